The van der Waals surface area contributed by atoms with E-state index in [1.807, 2.05) is 11.0 Å². The van der Waals surface area contributed by atoms with Crippen molar-refractivity contribution in [3.05, 3.63) is 24.3 Å². The quantitative estimate of drug-likeness (QED) is 0.660. The fourth-order valence-electron chi connectivity index (χ4n) is 4.03. The van der Waals surface area contributed by atoms with Crippen molar-refractivity contribution in [1.29, 1.82) is 0 Å². The first-order valence-corrected chi connectivity index (χ1v) is 11.0. The molecule has 8 nitrogen and oxygen atoms in total. The molecule has 9 heteroatoms. The summed E-state index contributed by atoms with van der Waals surface area (Å²) < 4.78 is 38.2. The molecule has 0 saturated carbocycles. The topological polar surface area (TPSA) is 79.4 Å². The molecule has 1 amide bonds. The number of amides is 1. The monoisotopic (exact) mass is 411 g/mol. The first-order chi connectivity index (χ1) is 13.4. The summed E-state index contributed by atoms with van der Waals surface area (Å²) >= 11 is 0. The molecule has 3 rings (SSSR count). The van der Waals surface area contributed by atoms with Gasteiger partial charge in [-0.3, -0.25) is 4.79 Å². The van der Waals surface area contributed by atoms with E-state index >= 15 is 0 Å². The Kier molecular flexibility index (Phi) is 6.59. The standard InChI is InChI=1S/C19H29N3O5S/c1-20(10-12-26-2)19(23)17-9-8-15-14-21(11-13-27-3)28(24,25)18-7-5-4-6-16(18)22(15)17/h4-7,15,17H,8-14H2,1-3H3. The molecule has 0 N–H and O–H groups in total. The summed E-state index contributed by atoms with van der Waals surface area (Å²) in [5.74, 6) is -0.00269. The summed E-state index contributed by atoms with van der Waals surface area (Å²) in [7, 11) is 1.28. The van der Waals surface area contributed by atoms with Gasteiger partial charge in [-0.2, -0.15) is 4.31 Å². The number of hydrogen-bond acceptors (Lipinski definition) is 6. The lowest BCUT2D eigenvalue weighted by Crippen LogP contribution is -2.49. The Morgan fingerprint density at radius 1 is 1.18 bits per heavy atom. The maximum Gasteiger partial charge on any atom is 0.245 e. The van der Waals surface area contributed by atoms with Crippen LogP contribution >= 0.6 is 0 Å². The molecular formula is C19H29N3O5S. The van der Waals surface area contributed by atoms with Crippen molar-refractivity contribution in [3.63, 3.8) is 0 Å². The van der Waals surface area contributed by atoms with Gasteiger partial charge in [0.15, 0.2) is 0 Å². The molecule has 156 valence electrons. The number of nitrogens with zero attached hydrogens (tertiary/aromatic N) is 3. The average Bonchev–Trinajstić information content (AvgIpc) is 3.08. The highest BCUT2D eigenvalue weighted by Gasteiger charge is 2.45. The molecule has 0 spiro atoms. The van der Waals surface area contributed by atoms with E-state index in [0.29, 0.717) is 45.0 Å². The van der Waals surface area contributed by atoms with E-state index in [-0.39, 0.29) is 22.9 Å². The van der Waals surface area contributed by atoms with Crippen LogP contribution in [0.15, 0.2) is 29.2 Å². The lowest BCUT2D eigenvalue weighted by Gasteiger charge is -2.33. The molecule has 0 bridgehead atoms. The van der Waals surface area contributed by atoms with Crippen LogP contribution in [-0.2, 0) is 24.3 Å². The number of rotatable bonds is 7. The Labute approximate surface area is 167 Å². The summed E-state index contributed by atoms with van der Waals surface area (Å²) in [6.07, 6.45) is 1.47. The molecule has 1 aromatic carbocycles. The minimum Gasteiger partial charge on any atom is -0.383 e. The van der Waals surface area contributed by atoms with Crippen molar-refractivity contribution in [1.82, 2.24) is 9.21 Å². The number of hydrogen-bond donors (Lipinski definition) is 0. The van der Waals surface area contributed by atoms with Crippen LogP contribution in [0.3, 0.4) is 0 Å². The largest absolute Gasteiger partial charge is 0.383 e. The minimum atomic E-state index is -3.65. The van der Waals surface area contributed by atoms with Crippen LogP contribution in [0.25, 0.3) is 0 Å². The first kappa shape index (κ1) is 21.0. The number of carbonyl (C=O) groups excluding carboxylic acids is 1. The van der Waals surface area contributed by atoms with Crippen molar-refractivity contribution in [2.75, 3.05) is 59.0 Å². The Hall–Kier alpha value is -1.68. The number of ether oxygens (including phenoxy) is 2. The van der Waals surface area contributed by atoms with Gasteiger partial charge in [-0.15, -0.1) is 0 Å². The van der Waals surface area contributed by atoms with Crippen LogP contribution < -0.4 is 4.90 Å². The van der Waals surface area contributed by atoms with Crippen molar-refractivity contribution < 1.29 is 22.7 Å². The number of likely N-dealkylation sites (N-methyl/N-ethyl adjacent to an activating group) is 1. The highest BCUT2D eigenvalue weighted by atomic mass is 32.2. The van der Waals surface area contributed by atoms with E-state index < -0.39 is 10.0 Å². The predicted molar refractivity (Wildman–Crippen MR) is 106 cm³/mol. The number of methoxy groups -OCH3 is 2. The van der Waals surface area contributed by atoms with Gasteiger partial charge in [0.2, 0.25) is 15.9 Å². The van der Waals surface area contributed by atoms with E-state index in [1.54, 1.807) is 44.4 Å². The average molecular weight is 412 g/mol. The predicted octanol–water partition coefficient (Wildman–Crippen LogP) is 0.780. The van der Waals surface area contributed by atoms with Gasteiger partial charge in [-0.1, -0.05) is 12.1 Å². The van der Waals surface area contributed by atoms with Crippen molar-refractivity contribution >= 4 is 21.6 Å². The third-order valence-corrected chi connectivity index (χ3v) is 7.43. The molecule has 2 unspecified atom stereocenters. The van der Waals surface area contributed by atoms with Crippen molar-refractivity contribution in [2.45, 2.75) is 29.8 Å². The summed E-state index contributed by atoms with van der Waals surface area (Å²) in [6.45, 7) is 1.95. The second-order valence-corrected chi connectivity index (χ2v) is 9.14. The lowest BCUT2D eigenvalue weighted by atomic mass is 10.1. The third kappa shape index (κ3) is 3.89. The molecule has 2 heterocycles. The first-order valence-electron chi connectivity index (χ1n) is 9.52. The van der Waals surface area contributed by atoms with Gasteiger partial charge < -0.3 is 19.3 Å². The molecule has 2 aliphatic rings. The van der Waals surface area contributed by atoms with Crippen LogP contribution in [0, 0.1) is 0 Å². The Bertz CT molecular complexity index is 801. The summed E-state index contributed by atoms with van der Waals surface area (Å²) in [5, 5.41) is 0. The molecule has 1 aromatic rings. The van der Waals surface area contributed by atoms with Crippen molar-refractivity contribution in [3.8, 4) is 0 Å². The van der Waals surface area contributed by atoms with Gasteiger partial charge in [0, 0.05) is 46.9 Å². The van der Waals surface area contributed by atoms with Crippen LogP contribution in [0.2, 0.25) is 0 Å². The number of fused-ring (bicyclic) bond motifs is 3. The maximum atomic E-state index is 13.2. The maximum absolute atomic E-state index is 13.2. The van der Waals surface area contributed by atoms with Gasteiger partial charge in [0.25, 0.3) is 0 Å². The zero-order valence-corrected chi connectivity index (χ0v) is 17.5. The van der Waals surface area contributed by atoms with E-state index in [1.165, 1.54) is 4.31 Å². The molecule has 0 aromatic heterocycles. The van der Waals surface area contributed by atoms with Crippen molar-refractivity contribution in [2.24, 2.45) is 0 Å². The SMILES string of the molecule is COCCN(C)C(=O)C1CCC2CN(CCOC)S(=O)(=O)c3ccccc3N21. The normalized spacial score (nSPS) is 23.8. The highest BCUT2D eigenvalue weighted by Crippen LogP contribution is 2.40. The summed E-state index contributed by atoms with van der Waals surface area (Å²) in [6, 6.07) is 6.57. The van der Waals surface area contributed by atoms with Crippen LogP contribution in [0.1, 0.15) is 12.8 Å². The molecule has 0 aliphatic carbocycles. The third-order valence-electron chi connectivity index (χ3n) is 5.52. The fourth-order valence-corrected chi connectivity index (χ4v) is 5.68. The molecular weight excluding hydrogens is 382 g/mol. The second kappa shape index (κ2) is 8.77. The molecule has 2 aliphatic heterocycles. The number of benzene rings is 1. The van der Waals surface area contributed by atoms with Gasteiger partial charge in [0.05, 0.1) is 18.9 Å². The second-order valence-electron chi connectivity index (χ2n) is 7.23. The van der Waals surface area contributed by atoms with Crippen LogP contribution in [0.5, 0.6) is 0 Å². The molecule has 1 saturated heterocycles. The smallest absolute Gasteiger partial charge is 0.245 e. The number of carbonyl (C=O) groups is 1. The Morgan fingerprint density at radius 3 is 2.61 bits per heavy atom. The van der Waals surface area contributed by atoms with Gasteiger partial charge >= 0.3 is 0 Å². The molecule has 1 fully saturated rings. The summed E-state index contributed by atoms with van der Waals surface area (Å²) in [4.78, 5) is 17.0. The number of para-hydroxylation sites is 1. The van der Waals surface area contributed by atoms with Gasteiger partial charge in [0.1, 0.15) is 10.9 Å². The Balaban J connectivity index is 1.97. The zero-order chi connectivity index (χ0) is 20.3. The van der Waals surface area contributed by atoms with E-state index in [9.17, 15) is 13.2 Å². The van der Waals surface area contributed by atoms with E-state index in [2.05, 4.69) is 0 Å². The molecule has 0 radical (unpaired) electrons. The van der Waals surface area contributed by atoms with Crippen LogP contribution in [-0.4, -0.2) is 89.7 Å². The Morgan fingerprint density at radius 2 is 1.89 bits per heavy atom. The van der Waals surface area contributed by atoms with Crippen LogP contribution in [0.4, 0.5) is 5.69 Å². The number of sulfonamides is 1. The fraction of sp³-hybridized carbons (Fsp3) is 0.632. The van der Waals surface area contributed by atoms with E-state index in [0.717, 1.165) is 6.42 Å². The summed E-state index contributed by atoms with van der Waals surface area (Å²) in [5.41, 5.74) is 0.614. The van der Waals surface area contributed by atoms with E-state index in [4.69, 9.17) is 9.47 Å². The van der Waals surface area contributed by atoms with Gasteiger partial charge in [-0.25, -0.2) is 8.42 Å². The highest BCUT2D eigenvalue weighted by molar-refractivity contribution is 7.89. The molecule has 28 heavy (non-hydrogen) atoms. The number of anilines is 1. The van der Waals surface area contributed by atoms with Gasteiger partial charge in [-0.05, 0) is 25.0 Å². The molecule has 2 atom stereocenters. The minimum absolute atomic E-state index is 0.00269. The lowest BCUT2D eigenvalue weighted by molar-refractivity contribution is -0.131. The zero-order valence-electron chi connectivity index (χ0n) is 16.7.